The molecule has 7 heteroatoms. The van der Waals surface area contributed by atoms with Crippen LogP contribution in [0.1, 0.15) is 6.42 Å². The molecule has 19 heavy (non-hydrogen) atoms. The maximum absolute atomic E-state index is 11.8. The van der Waals surface area contributed by atoms with Gasteiger partial charge in [0.25, 0.3) is 5.91 Å². The third kappa shape index (κ3) is 3.25. The molecule has 6 nitrogen and oxygen atoms in total. The SMILES string of the molecule is CSc1ccc(NC(=O)C2CC(C(=O)O)=NO2)cc1. The Morgan fingerprint density at radius 2 is 2.11 bits per heavy atom. The van der Waals surface area contributed by atoms with Gasteiger partial charge < -0.3 is 15.3 Å². The Morgan fingerprint density at radius 3 is 2.63 bits per heavy atom. The number of oxime groups is 1. The fraction of sp³-hybridized carbons (Fsp3) is 0.250. The average Bonchev–Trinajstić information content (AvgIpc) is 2.89. The number of amides is 1. The summed E-state index contributed by atoms with van der Waals surface area (Å²) in [5, 5.41) is 14.7. The van der Waals surface area contributed by atoms with Gasteiger partial charge in [-0.2, -0.15) is 0 Å². The molecule has 0 saturated carbocycles. The van der Waals surface area contributed by atoms with Crippen molar-refractivity contribution in [2.75, 3.05) is 11.6 Å². The molecule has 1 aliphatic rings. The zero-order valence-electron chi connectivity index (χ0n) is 10.1. The second kappa shape index (κ2) is 5.75. The second-order valence-corrected chi connectivity index (χ2v) is 4.74. The fourth-order valence-corrected chi connectivity index (χ4v) is 1.95. The highest BCUT2D eigenvalue weighted by atomic mass is 32.2. The first-order valence-corrected chi connectivity index (χ1v) is 6.73. The topological polar surface area (TPSA) is 88.0 Å². The minimum atomic E-state index is -1.17. The quantitative estimate of drug-likeness (QED) is 0.817. The summed E-state index contributed by atoms with van der Waals surface area (Å²) in [7, 11) is 0. The van der Waals surface area contributed by atoms with E-state index in [2.05, 4.69) is 10.5 Å². The summed E-state index contributed by atoms with van der Waals surface area (Å²) in [5.41, 5.74) is 0.494. The van der Waals surface area contributed by atoms with Crippen LogP contribution >= 0.6 is 11.8 Å². The number of thioether (sulfide) groups is 1. The van der Waals surface area contributed by atoms with E-state index in [1.54, 1.807) is 23.9 Å². The van der Waals surface area contributed by atoms with E-state index in [1.807, 2.05) is 18.4 Å². The molecule has 2 rings (SSSR count). The van der Waals surface area contributed by atoms with Crippen molar-refractivity contribution in [3.63, 3.8) is 0 Å². The van der Waals surface area contributed by atoms with Crippen molar-refractivity contribution in [2.24, 2.45) is 5.16 Å². The van der Waals surface area contributed by atoms with Gasteiger partial charge >= 0.3 is 5.97 Å². The molecule has 0 saturated heterocycles. The number of hydrogen-bond acceptors (Lipinski definition) is 5. The van der Waals surface area contributed by atoms with E-state index < -0.39 is 18.0 Å². The summed E-state index contributed by atoms with van der Waals surface area (Å²) in [5.74, 6) is -1.57. The lowest BCUT2D eigenvalue weighted by Gasteiger charge is -2.09. The Kier molecular flexibility index (Phi) is 4.06. The van der Waals surface area contributed by atoms with Crippen LogP contribution in [0.15, 0.2) is 34.3 Å². The minimum Gasteiger partial charge on any atom is -0.477 e. The molecule has 0 radical (unpaired) electrons. The number of carbonyl (C=O) groups excluding carboxylic acids is 1. The lowest BCUT2D eigenvalue weighted by molar-refractivity contribution is -0.129. The summed E-state index contributed by atoms with van der Waals surface area (Å²) in [6, 6.07) is 7.32. The van der Waals surface area contributed by atoms with Crippen LogP contribution in [0.3, 0.4) is 0 Å². The molecule has 0 bridgehead atoms. The number of nitrogens with one attached hydrogen (secondary N) is 1. The van der Waals surface area contributed by atoms with E-state index in [0.717, 1.165) is 4.90 Å². The largest absolute Gasteiger partial charge is 0.477 e. The van der Waals surface area contributed by atoms with Crippen molar-refractivity contribution < 1.29 is 19.5 Å². The van der Waals surface area contributed by atoms with Crippen molar-refractivity contribution in [3.8, 4) is 0 Å². The van der Waals surface area contributed by atoms with Crippen molar-refractivity contribution in [1.82, 2.24) is 0 Å². The van der Waals surface area contributed by atoms with Crippen LogP contribution in [0, 0.1) is 0 Å². The van der Waals surface area contributed by atoms with Crippen LogP contribution in [-0.2, 0) is 14.4 Å². The first-order valence-electron chi connectivity index (χ1n) is 5.51. The molecule has 1 atom stereocenters. The third-order valence-electron chi connectivity index (χ3n) is 2.57. The van der Waals surface area contributed by atoms with Gasteiger partial charge in [0.05, 0.1) is 0 Å². The summed E-state index contributed by atoms with van der Waals surface area (Å²) in [6.07, 6.45) is 1.06. The summed E-state index contributed by atoms with van der Waals surface area (Å²) in [6.45, 7) is 0. The smallest absolute Gasteiger partial charge is 0.353 e. The highest BCUT2D eigenvalue weighted by molar-refractivity contribution is 7.98. The number of aliphatic carboxylic acids is 1. The molecule has 1 amide bonds. The lowest BCUT2D eigenvalue weighted by Crippen LogP contribution is -2.28. The maximum atomic E-state index is 11.8. The molecule has 2 N–H and O–H groups in total. The Morgan fingerprint density at radius 1 is 1.42 bits per heavy atom. The third-order valence-corrected chi connectivity index (χ3v) is 3.31. The minimum absolute atomic E-state index is 0.0237. The number of carbonyl (C=O) groups is 2. The van der Waals surface area contributed by atoms with Crippen molar-refractivity contribution in [3.05, 3.63) is 24.3 Å². The van der Waals surface area contributed by atoms with Gasteiger partial charge in [0.2, 0.25) is 6.10 Å². The number of hydrogen-bond donors (Lipinski definition) is 2. The van der Waals surface area contributed by atoms with Crippen molar-refractivity contribution in [1.29, 1.82) is 0 Å². The predicted molar refractivity (Wildman–Crippen MR) is 71.4 cm³/mol. The van der Waals surface area contributed by atoms with Crippen LogP contribution in [0.25, 0.3) is 0 Å². The number of carboxylic acid groups (broad SMARTS) is 1. The van der Waals surface area contributed by atoms with Crippen LogP contribution < -0.4 is 5.32 Å². The zero-order valence-corrected chi connectivity index (χ0v) is 10.9. The standard InChI is InChI=1S/C12H12N2O4S/c1-19-8-4-2-7(3-5-8)13-11(15)10-6-9(12(16)17)14-18-10/h2-5,10H,6H2,1H3,(H,13,15)(H,16,17). The maximum Gasteiger partial charge on any atom is 0.353 e. The average molecular weight is 280 g/mol. The molecule has 1 heterocycles. The van der Waals surface area contributed by atoms with Gasteiger partial charge in [-0.05, 0) is 30.5 Å². The Balaban J connectivity index is 1.93. The second-order valence-electron chi connectivity index (χ2n) is 3.86. The van der Waals surface area contributed by atoms with Crippen LogP contribution in [0.5, 0.6) is 0 Å². The normalized spacial score (nSPS) is 17.5. The summed E-state index contributed by atoms with van der Waals surface area (Å²) < 4.78 is 0. The molecule has 1 aromatic rings. The van der Waals surface area contributed by atoms with E-state index in [1.165, 1.54) is 0 Å². The molecular weight excluding hydrogens is 268 g/mol. The zero-order chi connectivity index (χ0) is 13.8. The number of carboxylic acids is 1. The van der Waals surface area contributed by atoms with E-state index in [4.69, 9.17) is 9.94 Å². The molecule has 0 aromatic heterocycles. The molecular formula is C12H12N2O4S. The number of nitrogens with zero attached hydrogens (tertiary/aromatic N) is 1. The monoisotopic (exact) mass is 280 g/mol. The van der Waals surface area contributed by atoms with Gasteiger partial charge in [0, 0.05) is 17.0 Å². The Bertz CT molecular complexity index is 527. The van der Waals surface area contributed by atoms with E-state index in [-0.39, 0.29) is 12.1 Å². The Hall–Kier alpha value is -2.02. The number of rotatable bonds is 4. The van der Waals surface area contributed by atoms with Crippen LogP contribution in [0.2, 0.25) is 0 Å². The Labute approximate surface area is 113 Å². The lowest BCUT2D eigenvalue weighted by atomic mass is 10.1. The van der Waals surface area contributed by atoms with E-state index >= 15 is 0 Å². The predicted octanol–water partition coefficient (Wildman–Crippen LogP) is 1.58. The molecule has 0 spiro atoms. The molecule has 1 aliphatic heterocycles. The molecule has 1 unspecified atom stereocenters. The van der Waals surface area contributed by atoms with Gasteiger partial charge in [0.15, 0.2) is 5.71 Å². The first kappa shape index (κ1) is 13.4. The molecule has 1 aromatic carbocycles. The highest BCUT2D eigenvalue weighted by Gasteiger charge is 2.31. The van der Waals surface area contributed by atoms with Gasteiger partial charge in [-0.15, -0.1) is 11.8 Å². The molecule has 100 valence electrons. The van der Waals surface area contributed by atoms with Crippen LogP contribution in [0.4, 0.5) is 5.69 Å². The first-order chi connectivity index (χ1) is 9.10. The van der Waals surface area contributed by atoms with E-state index in [9.17, 15) is 9.59 Å². The molecule has 0 aliphatic carbocycles. The molecule has 0 fully saturated rings. The summed E-state index contributed by atoms with van der Waals surface area (Å²) in [4.78, 5) is 28.4. The fourth-order valence-electron chi connectivity index (χ4n) is 1.54. The number of anilines is 1. The van der Waals surface area contributed by atoms with Gasteiger partial charge in [0.1, 0.15) is 0 Å². The van der Waals surface area contributed by atoms with Crippen molar-refractivity contribution >= 4 is 35.0 Å². The van der Waals surface area contributed by atoms with Gasteiger partial charge in [-0.3, -0.25) is 4.79 Å². The van der Waals surface area contributed by atoms with E-state index in [0.29, 0.717) is 5.69 Å². The van der Waals surface area contributed by atoms with Gasteiger partial charge in [-0.1, -0.05) is 5.16 Å². The summed E-state index contributed by atoms with van der Waals surface area (Å²) >= 11 is 1.60. The number of benzene rings is 1. The van der Waals surface area contributed by atoms with Crippen molar-refractivity contribution in [2.45, 2.75) is 17.4 Å². The van der Waals surface area contributed by atoms with Crippen LogP contribution in [-0.4, -0.2) is 35.1 Å². The highest BCUT2D eigenvalue weighted by Crippen LogP contribution is 2.19. The van der Waals surface area contributed by atoms with Gasteiger partial charge in [-0.25, -0.2) is 4.79 Å².